The number of aliphatic hydroxyl groups is 1. The van der Waals surface area contributed by atoms with E-state index in [1.54, 1.807) is 0 Å². The Balaban J connectivity index is 4.12. The third-order valence-electron chi connectivity index (χ3n) is 2.34. The summed E-state index contributed by atoms with van der Waals surface area (Å²) in [5.41, 5.74) is 0.521. The number of hydrogen-bond acceptors (Lipinski definition) is 2. The molecule has 0 aromatic heterocycles. The standard InChI is InChI=1S/C12H27NO/c1-11(2,3)9-13-10(7-8-14)12(4,5)6/h10,13-14H,7-9H2,1-6H3. The molecule has 0 aliphatic heterocycles. The zero-order valence-corrected chi connectivity index (χ0v) is 10.6. The molecule has 2 N–H and O–H groups in total. The largest absolute Gasteiger partial charge is 0.396 e. The minimum absolute atomic E-state index is 0.216. The summed E-state index contributed by atoms with van der Waals surface area (Å²) in [6.07, 6.45) is 0.833. The second-order valence-corrected chi connectivity index (χ2v) is 6.37. The fourth-order valence-electron chi connectivity index (χ4n) is 1.40. The molecule has 0 spiro atoms. The van der Waals surface area contributed by atoms with Gasteiger partial charge in [-0.25, -0.2) is 0 Å². The lowest BCUT2D eigenvalue weighted by Crippen LogP contribution is -2.44. The van der Waals surface area contributed by atoms with Crippen molar-refractivity contribution in [2.45, 2.75) is 54.0 Å². The molecular weight excluding hydrogens is 174 g/mol. The lowest BCUT2D eigenvalue weighted by atomic mass is 9.84. The first-order valence-corrected chi connectivity index (χ1v) is 5.51. The molecule has 0 rings (SSSR count). The van der Waals surface area contributed by atoms with E-state index in [-0.39, 0.29) is 12.0 Å². The van der Waals surface area contributed by atoms with E-state index in [1.807, 2.05) is 0 Å². The van der Waals surface area contributed by atoms with Gasteiger partial charge in [-0.15, -0.1) is 0 Å². The van der Waals surface area contributed by atoms with Crippen LogP contribution in [0.1, 0.15) is 48.0 Å². The fraction of sp³-hybridized carbons (Fsp3) is 1.00. The molecule has 1 atom stereocenters. The highest BCUT2D eigenvalue weighted by atomic mass is 16.3. The minimum atomic E-state index is 0.216. The zero-order valence-electron chi connectivity index (χ0n) is 10.6. The molecule has 0 saturated carbocycles. The lowest BCUT2D eigenvalue weighted by Gasteiger charge is -2.33. The molecule has 0 amide bonds. The van der Waals surface area contributed by atoms with E-state index >= 15 is 0 Å². The van der Waals surface area contributed by atoms with Crippen molar-refractivity contribution in [2.75, 3.05) is 13.2 Å². The van der Waals surface area contributed by atoms with Crippen molar-refractivity contribution in [1.29, 1.82) is 0 Å². The molecule has 0 radical (unpaired) electrons. The van der Waals surface area contributed by atoms with Crippen molar-refractivity contribution in [2.24, 2.45) is 10.8 Å². The molecular formula is C12H27NO. The Morgan fingerprint density at radius 3 is 1.86 bits per heavy atom. The summed E-state index contributed by atoms with van der Waals surface area (Å²) < 4.78 is 0. The first kappa shape index (κ1) is 13.9. The van der Waals surface area contributed by atoms with E-state index in [0.29, 0.717) is 11.5 Å². The Bertz CT molecular complexity index is 153. The number of aliphatic hydroxyl groups excluding tert-OH is 1. The summed E-state index contributed by atoms with van der Waals surface area (Å²) >= 11 is 0. The van der Waals surface area contributed by atoms with Crippen LogP contribution in [0.5, 0.6) is 0 Å². The van der Waals surface area contributed by atoms with Crippen molar-refractivity contribution in [1.82, 2.24) is 5.32 Å². The van der Waals surface area contributed by atoms with Gasteiger partial charge in [0.2, 0.25) is 0 Å². The average Bonchev–Trinajstić information content (AvgIpc) is 1.93. The van der Waals surface area contributed by atoms with Crippen molar-refractivity contribution in [3.63, 3.8) is 0 Å². The lowest BCUT2D eigenvalue weighted by molar-refractivity contribution is 0.184. The highest BCUT2D eigenvalue weighted by Crippen LogP contribution is 2.22. The van der Waals surface area contributed by atoms with Gasteiger partial charge in [0.25, 0.3) is 0 Å². The molecule has 1 unspecified atom stereocenters. The van der Waals surface area contributed by atoms with Crippen LogP contribution in [-0.4, -0.2) is 24.3 Å². The Morgan fingerprint density at radius 1 is 1.07 bits per heavy atom. The Labute approximate surface area is 89.1 Å². The highest BCUT2D eigenvalue weighted by molar-refractivity contribution is 4.82. The monoisotopic (exact) mass is 201 g/mol. The summed E-state index contributed by atoms with van der Waals surface area (Å²) in [5.74, 6) is 0. The fourth-order valence-corrected chi connectivity index (χ4v) is 1.40. The van der Waals surface area contributed by atoms with E-state index in [4.69, 9.17) is 5.11 Å². The van der Waals surface area contributed by atoms with Crippen LogP contribution in [0.2, 0.25) is 0 Å². The van der Waals surface area contributed by atoms with Gasteiger partial charge in [-0.05, 0) is 17.3 Å². The number of rotatable bonds is 4. The van der Waals surface area contributed by atoms with Crippen LogP contribution in [0.15, 0.2) is 0 Å². The Morgan fingerprint density at radius 2 is 1.57 bits per heavy atom. The Kier molecular flexibility index (Phi) is 5.10. The van der Waals surface area contributed by atoms with Gasteiger partial charge >= 0.3 is 0 Å². The van der Waals surface area contributed by atoms with Crippen molar-refractivity contribution < 1.29 is 5.11 Å². The van der Waals surface area contributed by atoms with Gasteiger partial charge in [0.1, 0.15) is 0 Å². The van der Waals surface area contributed by atoms with E-state index in [2.05, 4.69) is 46.9 Å². The SMILES string of the molecule is CC(C)(C)CNC(CCO)C(C)(C)C. The molecule has 0 bridgehead atoms. The summed E-state index contributed by atoms with van der Waals surface area (Å²) in [6, 6.07) is 0.395. The molecule has 86 valence electrons. The second-order valence-electron chi connectivity index (χ2n) is 6.37. The van der Waals surface area contributed by atoms with Crippen LogP contribution >= 0.6 is 0 Å². The quantitative estimate of drug-likeness (QED) is 0.732. The number of hydrogen-bond donors (Lipinski definition) is 2. The molecule has 0 fully saturated rings. The van der Waals surface area contributed by atoms with Crippen LogP contribution in [-0.2, 0) is 0 Å². The maximum atomic E-state index is 8.99. The van der Waals surface area contributed by atoms with Gasteiger partial charge in [-0.2, -0.15) is 0 Å². The predicted octanol–water partition coefficient (Wildman–Crippen LogP) is 2.42. The van der Waals surface area contributed by atoms with Crippen LogP contribution < -0.4 is 5.32 Å². The van der Waals surface area contributed by atoms with E-state index in [9.17, 15) is 0 Å². The average molecular weight is 201 g/mol. The summed E-state index contributed by atoms with van der Waals surface area (Å²) in [6.45, 7) is 14.6. The maximum absolute atomic E-state index is 8.99. The third kappa shape index (κ3) is 6.39. The van der Waals surface area contributed by atoms with E-state index in [0.717, 1.165) is 13.0 Å². The smallest absolute Gasteiger partial charge is 0.0446 e. The first-order valence-electron chi connectivity index (χ1n) is 5.51. The summed E-state index contributed by atoms with van der Waals surface area (Å²) in [5, 5.41) is 12.5. The van der Waals surface area contributed by atoms with Crippen molar-refractivity contribution >= 4 is 0 Å². The zero-order chi connectivity index (χ0) is 11.4. The molecule has 0 aromatic carbocycles. The minimum Gasteiger partial charge on any atom is -0.396 e. The molecule has 0 heterocycles. The topological polar surface area (TPSA) is 32.3 Å². The molecule has 0 saturated heterocycles. The molecule has 2 heteroatoms. The van der Waals surface area contributed by atoms with Gasteiger partial charge in [0.05, 0.1) is 0 Å². The summed E-state index contributed by atoms with van der Waals surface area (Å²) in [4.78, 5) is 0. The van der Waals surface area contributed by atoms with Gasteiger partial charge < -0.3 is 10.4 Å². The number of nitrogens with one attached hydrogen (secondary N) is 1. The van der Waals surface area contributed by atoms with Gasteiger partial charge in [0, 0.05) is 19.2 Å². The van der Waals surface area contributed by atoms with Crippen LogP contribution in [0.3, 0.4) is 0 Å². The molecule has 0 aromatic rings. The Hall–Kier alpha value is -0.0800. The van der Waals surface area contributed by atoms with Crippen LogP contribution in [0, 0.1) is 10.8 Å². The van der Waals surface area contributed by atoms with Crippen LogP contribution in [0.25, 0.3) is 0 Å². The predicted molar refractivity (Wildman–Crippen MR) is 62.4 cm³/mol. The molecule has 2 nitrogen and oxygen atoms in total. The normalized spacial score (nSPS) is 15.6. The second kappa shape index (κ2) is 5.13. The van der Waals surface area contributed by atoms with Gasteiger partial charge in [0.15, 0.2) is 0 Å². The van der Waals surface area contributed by atoms with Crippen molar-refractivity contribution in [3.05, 3.63) is 0 Å². The maximum Gasteiger partial charge on any atom is 0.0446 e. The van der Waals surface area contributed by atoms with Gasteiger partial charge in [-0.3, -0.25) is 0 Å². The van der Waals surface area contributed by atoms with Crippen LogP contribution in [0.4, 0.5) is 0 Å². The first-order chi connectivity index (χ1) is 6.17. The van der Waals surface area contributed by atoms with Gasteiger partial charge in [-0.1, -0.05) is 41.5 Å². The third-order valence-corrected chi connectivity index (χ3v) is 2.34. The highest BCUT2D eigenvalue weighted by Gasteiger charge is 2.24. The molecule has 0 aliphatic rings. The van der Waals surface area contributed by atoms with E-state index < -0.39 is 0 Å². The summed E-state index contributed by atoms with van der Waals surface area (Å²) in [7, 11) is 0. The van der Waals surface area contributed by atoms with E-state index in [1.165, 1.54) is 0 Å². The molecule has 0 aliphatic carbocycles. The van der Waals surface area contributed by atoms with Crippen molar-refractivity contribution in [3.8, 4) is 0 Å². The molecule has 14 heavy (non-hydrogen) atoms.